The van der Waals surface area contributed by atoms with Gasteiger partial charge in [-0.1, -0.05) is 35.3 Å². The van der Waals surface area contributed by atoms with E-state index in [1.54, 1.807) is 37.3 Å². The number of halogens is 2. The maximum absolute atomic E-state index is 11.4. The number of hydrogen-bond acceptors (Lipinski definition) is 3. The summed E-state index contributed by atoms with van der Waals surface area (Å²) in [7, 11) is 0. The molecule has 1 saturated heterocycles. The highest BCUT2D eigenvalue weighted by Gasteiger charge is 2.34. The van der Waals surface area contributed by atoms with Crippen molar-refractivity contribution in [2.75, 3.05) is 0 Å². The molecule has 1 aliphatic rings. The highest BCUT2D eigenvalue weighted by atomic mass is 35.5. The first-order chi connectivity index (χ1) is 8.87. The van der Waals surface area contributed by atoms with Crippen LogP contribution in [0.1, 0.15) is 25.3 Å². The van der Waals surface area contributed by atoms with Crippen LogP contribution in [0.4, 0.5) is 0 Å². The predicted molar refractivity (Wildman–Crippen MR) is 75.2 cm³/mol. The summed E-state index contributed by atoms with van der Waals surface area (Å²) in [6.45, 7) is 1.62. The van der Waals surface area contributed by atoms with E-state index in [2.05, 4.69) is 0 Å². The molecule has 1 aromatic carbocycles. The molecule has 0 radical (unpaired) electrons. The second-order valence-electron chi connectivity index (χ2n) is 4.90. The second kappa shape index (κ2) is 5.53. The Hall–Kier alpha value is -1.03. The number of esters is 1. The van der Waals surface area contributed by atoms with Crippen LogP contribution in [0, 0.1) is 0 Å². The molecule has 0 spiro atoms. The van der Waals surface area contributed by atoms with Gasteiger partial charge in [0.25, 0.3) is 0 Å². The fourth-order valence-electron chi connectivity index (χ4n) is 2.05. The maximum Gasteiger partial charge on any atom is 0.309 e. The Labute approximate surface area is 121 Å². The zero-order valence-corrected chi connectivity index (χ0v) is 11.9. The third-order valence-corrected chi connectivity index (χ3v) is 3.59. The standard InChI is InChI=1S/C14H14Cl2O3/c1-14(18)7-9(19-13(17)8-14)5-6-10-11(15)3-2-4-12(10)16/h2-6,9,18H,7-8H2,1H3. The van der Waals surface area contributed by atoms with Crippen molar-refractivity contribution >= 4 is 35.2 Å². The average molecular weight is 301 g/mol. The molecule has 1 aromatic rings. The molecule has 2 unspecified atom stereocenters. The summed E-state index contributed by atoms with van der Waals surface area (Å²) in [4.78, 5) is 11.4. The summed E-state index contributed by atoms with van der Waals surface area (Å²) in [5, 5.41) is 11.0. The Morgan fingerprint density at radius 1 is 1.42 bits per heavy atom. The molecule has 1 N–H and O–H groups in total. The number of cyclic esters (lactones) is 1. The van der Waals surface area contributed by atoms with E-state index in [-0.39, 0.29) is 6.42 Å². The van der Waals surface area contributed by atoms with Crippen molar-refractivity contribution < 1.29 is 14.6 Å². The third kappa shape index (κ3) is 3.72. The summed E-state index contributed by atoms with van der Waals surface area (Å²) < 4.78 is 5.15. The van der Waals surface area contributed by atoms with Crippen molar-refractivity contribution in [3.8, 4) is 0 Å². The number of carbonyl (C=O) groups is 1. The van der Waals surface area contributed by atoms with Gasteiger partial charge >= 0.3 is 5.97 Å². The normalized spacial score (nSPS) is 27.6. The van der Waals surface area contributed by atoms with Crippen LogP contribution in [0.3, 0.4) is 0 Å². The SMILES string of the molecule is CC1(O)CC(=O)OC(C=Cc2c(Cl)cccc2Cl)C1. The van der Waals surface area contributed by atoms with E-state index in [0.717, 1.165) is 0 Å². The minimum absolute atomic E-state index is 0.0180. The lowest BCUT2D eigenvalue weighted by atomic mass is 9.92. The van der Waals surface area contributed by atoms with Gasteiger partial charge in [-0.05, 0) is 25.1 Å². The van der Waals surface area contributed by atoms with Crippen molar-refractivity contribution in [1.29, 1.82) is 0 Å². The minimum atomic E-state index is -1.03. The first-order valence-corrected chi connectivity index (χ1v) is 6.67. The van der Waals surface area contributed by atoms with Crippen molar-refractivity contribution in [2.45, 2.75) is 31.5 Å². The Balaban J connectivity index is 2.16. The number of benzene rings is 1. The van der Waals surface area contributed by atoms with Gasteiger partial charge in [0.05, 0.1) is 12.0 Å². The van der Waals surface area contributed by atoms with Gasteiger partial charge in [-0.15, -0.1) is 0 Å². The quantitative estimate of drug-likeness (QED) is 0.851. The van der Waals surface area contributed by atoms with E-state index in [4.69, 9.17) is 27.9 Å². The summed E-state index contributed by atoms with van der Waals surface area (Å²) in [6, 6.07) is 5.22. The smallest absolute Gasteiger partial charge is 0.309 e. The Bertz CT molecular complexity index is 503. The molecule has 3 nitrogen and oxygen atoms in total. The third-order valence-electron chi connectivity index (χ3n) is 2.93. The van der Waals surface area contributed by atoms with Crippen LogP contribution in [0.15, 0.2) is 24.3 Å². The fraction of sp³-hybridized carbons (Fsp3) is 0.357. The molecule has 5 heteroatoms. The molecule has 1 fully saturated rings. The number of carbonyl (C=O) groups excluding carboxylic acids is 1. The van der Waals surface area contributed by atoms with E-state index >= 15 is 0 Å². The van der Waals surface area contributed by atoms with Crippen LogP contribution in [-0.4, -0.2) is 22.8 Å². The largest absolute Gasteiger partial charge is 0.458 e. The topological polar surface area (TPSA) is 46.5 Å². The molecule has 0 aromatic heterocycles. The molecule has 19 heavy (non-hydrogen) atoms. The predicted octanol–water partition coefficient (Wildman–Crippen LogP) is 3.46. The number of hydrogen-bond donors (Lipinski definition) is 1. The van der Waals surface area contributed by atoms with Gasteiger partial charge in [-0.3, -0.25) is 4.79 Å². The van der Waals surface area contributed by atoms with Crippen molar-refractivity contribution in [1.82, 2.24) is 0 Å². The van der Waals surface area contributed by atoms with Crippen LogP contribution in [0.25, 0.3) is 6.08 Å². The number of rotatable bonds is 2. The lowest BCUT2D eigenvalue weighted by molar-refractivity contribution is -0.163. The Morgan fingerprint density at radius 3 is 2.63 bits per heavy atom. The second-order valence-corrected chi connectivity index (χ2v) is 5.72. The van der Waals surface area contributed by atoms with Crippen LogP contribution in [-0.2, 0) is 9.53 Å². The van der Waals surface area contributed by atoms with E-state index in [0.29, 0.717) is 22.0 Å². The van der Waals surface area contributed by atoms with Gasteiger partial charge in [0.2, 0.25) is 0 Å². The van der Waals surface area contributed by atoms with Gasteiger partial charge < -0.3 is 9.84 Å². The zero-order chi connectivity index (χ0) is 14.0. The van der Waals surface area contributed by atoms with Crippen molar-refractivity contribution in [2.24, 2.45) is 0 Å². The molecule has 0 aliphatic carbocycles. The zero-order valence-electron chi connectivity index (χ0n) is 10.4. The highest BCUT2D eigenvalue weighted by molar-refractivity contribution is 6.37. The molecule has 0 saturated carbocycles. The van der Waals surface area contributed by atoms with E-state index in [1.807, 2.05) is 0 Å². The van der Waals surface area contributed by atoms with E-state index in [1.165, 1.54) is 0 Å². The number of ether oxygens (including phenoxy) is 1. The van der Waals surface area contributed by atoms with Crippen molar-refractivity contribution in [3.63, 3.8) is 0 Å². The first kappa shape index (κ1) is 14.4. The average Bonchev–Trinajstić information content (AvgIpc) is 2.25. The van der Waals surface area contributed by atoms with Crippen molar-refractivity contribution in [3.05, 3.63) is 39.9 Å². The molecule has 2 rings (SSSR count). The maximum atomic E-state index is 11.4. The molecule has 1 aliphatic heterocycles. The van der Waals surface area contributed by atoms with Crippen LogP contribution >= 0.6 is 23.2 Å². The Kier molecular flexibility index (Phi) is 4.19. The molecule has 102 valence electrons. The highest BCUT2D eigenvalue weighted by Crippen LogP contribution is 2.29. The first-order valence-electron chi connectivity index (χ1n) is 5.91. The van der Waals surface area contributed by atoms with Gasteiger partial charge in [-0.25, -0.2) is 0 Å². The Morgan fingerprint density at radius 2 is 2.05 bits per heavy atom. The van der Waals surface area contributed by atoms with Gasteiger partial charge in [0, 0.05) is 22.0 Å². The van der Waals surface area contributed by atoms with E-state index in [9.17, 15) is 9.90 Å². The van der Waals surface area contributed by atoms with Gasteiger partial charge in [0.15, 0.2) is 0 Å². The summed E-state index contributed by atoms with van der Waals surface area (Å²) >= 11 is 12.1. The minimum Gasteiger partial charge on any atom is -0.458 e. The summed E-state index contributed by atoms with van der Waals surface area (Å²) in [5.41, 5.74) is -0.360. The lowest BCUT2D eigenvalue weighted by Gasteiger charge is -2.31. The number of aliphatic hydroxyl groups is 1. The van der Waals surface area contributed by atoms with Gasteiger partial charge in [-0.2, -0.15) is 0 Å². The molecular formula is C14H14Cl2O3. The molecule has 0 amide bonds. The fourth-order valence-corrected chi connectivity index (χ4v) is 2.57. The summed E-state index contributed by atoms with van der Waals surface area (Å²) in [6.07, 6.45) is 3.31. The van der Waals surface area contributed by atoms with Crippen LogP contribution < -0.4 is 0 Å². The lowest BCUT2D eigenvalue weighted by Crippen LogP contribution is -2.40. The molecule has 0 bridgehead atoms. The molecular weight excluding hydrogens is 287 g/mol. The molecule has 2 atom stereocenters. The van der Waals surface area contributed by atoms with Crippen LogP contribution in [0.2, 0.25) is 10.0 Å². The van der Waals surface area contributed by atoms with E-state index < -0.39 is 17.7 Å². The van der Waals surface area contributed by atoms with Gasteiger partial charge in [0.1, 0.15) is 6.10 Å². The monoisotopic (exact) mass is 300 g/mol. The summed E-state index contributed by atoms with van der Waals surface area (Å²) in [5.74, 6) is -0.406. The molecule has 1 heterocycles. The van der Waals surface area contributed by atoms with Crippen LogP contribution in [0.5, 0.6) is 0 Å².